The summed E-state index contributed by atoms with van der Waals surface area (Å²) in [7, 11) is 1.82. The number of hydrogen-bond donors (Lipinski definition) is 3. The first-order valence-electron chi connectivity index (χ1n) is 6.85. The number of hydrogen-bond acceptors (Lipinski definition) is 3. The van der Waals surface area contributed by atoms with Crippen molar-refractivity contribution in [3.63, 3.8) is 0 Å². The van der Waals surface area contributed by atoms with Gasteiger partial charge in [-0.1, -0.05) is 30.3 Å². The molecule has 0 aliphatic carbocycles. The van der Waals surface area contributed by atoms with Gasteiger partial charge in [-0.2, -0.15) is 0 Å². The van der Waals surface area contributed by atoms with Gasteiger partial charge in [0.2, 0.25) is 0 Å². The number of benzene rings is 1. The van der Waals surface area contributed by atoms with Crippen LogP contribution in [0.2, 0.25) is 0 Å². The topological polar surface area (TPSA) is 78.0 Å². The van der Waals surface area contributed by atoms with Crippen LogP contribution >= 0.6 is 0 Å². The van der Waals surface area contributed by atoms with E-state index >= 15 is 0 Å². The predicted molar refractivity (Wildman–Crippen MR) is 87.6 cm³/mol. The van der Waals surface area contributed by atoms with Crippen molar-refractivity contribution in [3.8, 4) is 0 Å². The third kappa shape index (κ3) is 2.44. The zero-order valence-electron chi connectivity index (χ0n) is 12.0. The summed E-state index contributed by atoms with van der Waals surface area (Å²) < 4.78 is 0. The third-order valence-electron chi connectivity index (χ3n) is 3.49. The second-order valence-electron chi connectivity index (χ2n) is 4.81. The Morgan fingerprint density at radius 1 is 1.27 bits per heavy atom. The Labute approximate surface area is 127 Å². The fourth-order valence-electron chi connectivity index (χ4n) is 2.45. The molecule has 0 aliphatic rings. The molecule has 0 aliphatic heterocycles. The molecule has 1 aromatic carbocycles. The summed E-state index contributed by atoms with van der Waals surface area (Å²) >= 11 is 0. The van der Waals surface area contributed by atoms with E-state index in [0.717, 1.165) is 22.3 Å². The Morgan fingerprint density at radius 2 is 2.05 bits per heavy atom. The van der Waals surface area contributed by atoms with E-state index < -0.39 is 5.97 Å². The van der Waals surface area contributed by atoms with Gasteiger partial charge in [0.15, 0.2) is 0 Å². The van der Waals surface area contributed by atoms with Crippen LogP contribution in [0, 0.1) is 0 Å². The normalized spacial score (nSPS) is 11.6. The van der Waals surface area contributed by atoms with E-state index in [0.29, 0.717) is 5.56 Å². The lowest BCUT2D eigenvalue weighted by molar-refractivity contribution is -0.130. The van der Waals surface area contributed by atoms with Crippen LogP contribution in [-0.2, 0) is 4.79 Å². The number of aromatic amines is 1. The quantitative estimate of drug-likeness (QED) is 0.645. The van der Waals surface area contributed by atoms with E-state index in [1.165, 1.54) is 0 Å². The molecule has 3 N–H and O–H groups in total. The third-order valence-corrected chi connectivity index (χ3v) is 3.49. The molecule has 0 saturated carbocycles. The number of anilines is 1. The summed E-state index contributed by atoms with van der Waals surface area (Å²) in [6.45, 7) is 0. The van der Waals surface area contributed by atoms with Crippen molar-refractivity contribution < 1.29 is 9.90 Å². The summed E-state index contributed by atoms with van der Waals surface area (Å²) in [4.78, 5) is 18.9. The molecule has 0 unspecified atom stereocenters. The maximum atomic E-state index is 11.6. The van der Waals surface area contributed by atoms with Crippen molar-refractivity contribution in [2.24, 2.45) is 0 Å². The van der Waals surface area contributed by atoms with Crippen molar-refractivity contribution in [2.45, 2.75) is 0 Å². The standard InChI is InChI=1S/C17H15N3O2/c1-18-14-7-8-19-16-15(14)12(10-20-16)9-13(17(21)22)11-5-3-2-4-6-11/h2-10H,1H3,(H,21,22)(H2,18,19,20)/b13-9+. The van der Waals surface area contributed by atoms with Crippen LogP contribution in [0.1, 0.15) is 11.1 Å². The molecule has 0 amide bonds. The minimum atomic E-state index is -0.963. The maximum Gasteiger partial charge on any atom is 0.336 e. The van der Waals surface area contributed by atoms with Crippen molar-refractivity contribution in [1.29, 1.82) is 0 Å². The summed E-state index contributed by atoms with van der Waals surface area (Å²) in [6, 6.07) is 10.9. The van der Waals surface area contributed by atoms with Gasteiger partial charge in [-0.25, -0.2) is 9.78 Å². The highest BCUT2D eigenvalue weighted by molar-refractivity contribution is 6.21. The molecule has 0 atom stereocenters. The minimum absolute atomic E-state index is 0.243. The number of fused-ring (bicyclic) bond motifs is 1. The Balaban J connectivity index is 2.19. The lowest BCUT2D eigenvalue weighted by Gasteiger charge is -2.05. The SMILES string of the molecule is CNc1ccnc2[nH]cc(/C=C(/C(=O)O)c3ccccc3)c12. The van der Waals surface area contributed by atoms with Crippen LogP contribution in [0.5, 0.6) is 0 Å². The highest BCUT2D eigenvalue weighted by atomic mass is 16.4. The van der Waals surface area contributed by atoms with E-state index in [4.69, 9.17) is 0 Å². The van der Waals surface area contributed by atoms with Crippen LogP contribution < -0.4 is 5.32 Å². The molecule has 0 spiro atoms. The summed E-state index contributed by atoms with van der Waals surface area (Å²) in [5.74, 6) is -0.963. The number of nitrogens with zero attached hydrogens (tertiary/aromatic N) is 1. The van der Waals surface area contributed by atoms with Crippen LogP contribution in [0.4, 0.5) is 5.69 Å². The van der Waals surface area contributed by atoms with Gasteiger partial charge in [0.25, 0.3) is 0 Å². The number of nitrogens with one attached hydrogen (secondary N) is 2. The van der Waals surface area contributed by atoms with Crippen LogP contribution in [-0.4, -0.2) is 28.1 Å². The smallest absolute Gasteiger partial charge is 0.336 e. The predicted octanol–water partition coefficient (Wildman–Crippen LogP) is 3.23. The molecule has 110 valence electrons. The largest absolute Gasteiger partial charge is 0.478 e. The van der Waals surface area contributed by atoms with Gasteiger partial charge in [-0.05, 0) is 17.7 Å². The van der Waals surface area contributed by atoms with E-state index in [9.17, 15) is 9.90 Å². The lowest BCUT2D eigenvalue weighted by atomic mass is 10.0. The molecule has 2 heterocycles. The van der Waals surface area contributed by atoms with Gasteiger partial charge in [0.1, 0.15) is 5.65 Å². The van der Waals surface area contributed by atoms with E-state index in [-0.39, 0.29) is 5.57 Å². The van der Waals surface area contributed by atoms with Gasteiger partial charge < -0.3 is 15.4 Å². The van der Waals surface area contributed by atoms with Gasteiger partial charge in [-0.15, -0.1) is 0 Å². The maximum absolute atomic E-state index is 11.6. The van der Waals surface area contributed by atoms with Gasteiger partial charge in [-0.3, -0.25) is 0 Å². The van der Waals surface area contributed by atoms with E-state index in [1.807, 2.05) is 31.3 Å². The van der Waals surface area contributed by atoms with Crippen LogP contribution in [0.15, 0.2) is 48.8 Å². The number of carbonyl (C=O) groups is 1. The molecule has 0 bridgehead atoms. The highest BCUT2D eigenvalue weighted by Crippen LogP contribution is 2.28. The Hall–Kier alpha value is -3.08. The number of rotatable bonds is 4. The van der Waals surface area contributed by atoms with Crippen molar-refractivity contribution in [2.75, 3.05) is 12.4 Å². The van der Waals surface area contributed by atoms with E-state index in [1.54, 1.807) is 30.6 Å². The zero-order valence-corrected chi connectivity index (χ0v) is 12.0. The molecular formula is C17H15N3O2. The molecule has 0 fully saturated rings. The first-order chi connectivity index (χ1) is 10.7. The highest BCUT2D eigenvalue weighted by Gasteiger charge is 2.13. The zero-order chi connectivity index (χ0) is 15.5. The van der Waals surface area contributed by atoms with Crippen LogP contribution in [0.25, 0.3) is 22.7 Å². The number of pyridine rings is 1. The monoisotopic (exact) mass is 293 g/mol. The van der Waals surface area contributed by atoms with Crippen LogP contribution in [0.3, 0.4) is 0 Å². The molecule has 0 radical (unpaired) electrons. The molecule has 5 nitrogen and oxygen atoms in total. The van der Waals surface area contributed by atoms with Crippen molar-refractivity contribution in [3.05, 3.63) is 59.9 Å². The Kier molecular flexibility index (Phi) is 3.62. The first kappa shape index (κ1) is 13.9. The fraction of sp³-hybridized carbons (Fsp3) is 0.0588. The summed E-state index contributed by atoms with van der Waals surface area (Å²) in [6.07, 6.45) is 5.14. The number of carboxylic acids is 1. The fourth-order valence-corrected chi connectivity index (χ4v) is 2.45. The Bertz CT molecular complexity index is 851. The molecular weight excluding hydrogens is 278 g/mol. The number of H-pyrrole nitrogens is 1. The lowest BCUT2D eigenvalue weighted by Crippen LogP contribution is -1.99. The first-order valence-corrected chi connectivity index (χ1v) is 6.85. The average molecular weight is 293 g/mol. The van der Waals surface area contributed by atoms with E-state index in [2.05, 4.69) is 15.3 Å². The number of carboxylic acid groups (broad SMARTS) is 1. The minimum Gasteiger partial charge on any atom is -0.478 e. The summed E-state index contributed by atoms with van der Waals surface area (Å²) in [5, 5.41) is 13.5. The van der Waals surface area contributed by atoms with Crippen molar-refractivity contribution >= 4 is 34.3 Å². The summed E-state index contributed by atoms with van der Waals surface area (Å²) in [5.41, 5.74) is 3.31. The number of aromatic nitrogens is 2. The average Bonchev–Trinajstić information content (AvgIpc) is 2.96. The molecule has 0 saturated heterocycles. The molecule has 3 aromatic rings. The molecule has 3 rings (SSSR count). The second-order valence-corrected chi connectivity index (χ2v) is 4.81. The Morgan fingerprint density at radius 3 is 2.73 bits per heavy atom. The van der Waals surface area contributed by atoms with Gasteiger partial charge in [0.05, 0.1) is 5.57 Å². The molecule has 22 heavy (non-hydrogen) atoms. The molecule has 5 heteroatoms. The van der Waals surface area contributed by atoms with Gasteiger partial charge in [0, 0.05) is 36.1 Å². The second kappa shape index (κ2) is 5.73. The van der Waals surface area contributed by atoms with Crippen molar-refractivity contribution in [1.82, 2.24) is 9.97 Å². The molecule has 2 aromatic heterocycles. The number of aliphatic carboxylic acids is 1. The van der Waals surface area contributed by atoms with Gasteiger partial charge >= 0.3 is 5.97 Å².